The van der Waals surface area contributed by atoms with E-state index in [1.54, 1.807) is 0 Å². The number of nitrogens with zero attached hydrogens (tertiary/aromatic N) is 1. The molecule has 16 heavy (non-hydrogen) atoms. The van der Waals surface area contributed by atoms with E-state index in [0.29, 0.717) is 18.6 Å². The highest BCUT2D eigenvalue weighted by atomic mass is 32.2. The molecule has 1 aliphatic rings. The van der Waals surface area contributed by atoms with Gasteiger partial charge in [-0.15, -0.1) is 0 Å². The van der Waals surface area contributed by atoms with Crippen LogP contribution in [0.25, 0.3) is 0 Å². The summed E-state index contributed by atoms with van der Waals surface area (Å²) in [6, 6.07) is 0.781. The molecule has 0 aromatic carbocycles. The quantitative estimate of drug-likeness (QED) is 0.748. The predicted molar refractivity (Wildman–Crippen MR) is 68.3 cm³/mol. The molecule has 1 rings (SSSR count). The van der Waals surface area contributed by atoms with Gasteiger partial charge in [0.15, 0.2) is 9.84 Å². The van der Waals surface area contributed by atoms with E-state index < -0.39 is 9.84 Å². The standard InChI is InChI=1S/C12H25NO2S/c1-9(2)13-8-10(16(6,14)15)7-11(13)12(3,4)5/h9-11H,7-8H2,1-6H3/t10-,11?/m1/s1. The van der Waals surface area contributed by atoms with E-state index in [1.807, 2.05) is 0 Å². The summed E-state index contributed by atoms with van der Waals surface area (Å²) in [7, 11) is -2.90. The smallest absolute Gasteiger partial charge is 0.151 e. The van der Waals surface area contributed by atoms with Crippen LogP contribution < -0.4 is 0 Å². The number of hydrogen-bond donors (Lipinski definition) is 0. The summed E-state index contributed by atoms with van der Waals surface area (Å²) in [5.74, 6) is 0. The summed E-state index contributed by atoms with van der Waals surface area (Å²) >= 11 is 0. The summed E-state index contributed by atoms with van der Waals surface area (Å²) in [5, 5.41) is -0.181. The lowest BCUT2D eigenvalue weighted by Gasteiger charge is -2.37. The molecule has 3 nitrogen and oxygen atoms in total. The monoisotopic (exact) mass is 247 g/mol. The van der Waals surface area contributed by atoms with Crippen LogP contribution in [0.15, 0.2) is 0 Å². The van der Waals surface area contributed by atoms with Crippen molar-refractivity contribution in [1.29, 1.82) is 0 Å². The zero-order valence-corrected chi connectivity index (χ0v) is 12.1. The molecular formula is C12H25NO2S. The summed E-state index contributed by atoms with van der Waals surface area (Å²) in [6.07, 6.45) is 2.14. The predicted octanol–water partition coefficient (Wildman–Crippen LogP) is 1.93. The van der Waals surface area contributed by atoms with Crippen LogP contribution in [-0.4, -0.2) is 43.5 Å². The SMILES string of the molecule is CC(C)N1C[C@H](S(C)(=O)=O)CC1C(C)(C)C. The van der Waals surface area contributed by atoms with Gasteiger partial charge in [0, 0.05) is 24.9 Å². The number of likely N-dealkylation sites (tertiary alicyclic amines) is 1. The highest BCUT2D eigenvalue weighted by Gasteiger charge is 2.43. The molecule has 2 atom stereocenters. The lowest BCUT2D eigenvalue weighted by atomic mass is 9.85. The van der Waals surface area contributed by atoms with Gasteiger partial charge in [-0.3, -0.25) is 4.90 Å². The van der Waals surface area contributed by atoms with Gasteiger partial charge in [-0.1, -0.05) is 20.8 Å². The zero-order chi connectivity index (χ0) is 12.7. The van der Waals surface area contributed by atoms with Crippen molar-refractivity contribution in [3.8, 4) is 0 Å². The van der Waals surface area contributed by atoms with Gasteiger partial charge in [0.25, 0.3) is 0 Å². The molecule has 1 unspecified atom stereocenters. The normalized spacial score (nSPS) is 28.9. The van der Waals surface area contributed by atoms with Gasteiger partial charge in [-0.05, 0) is 25.7 Å². The van der Waals surface area contributed by atoms with Crippen LogP contribution >= 0.6 is 0 Å². The molecule has 0 saturated carbocycles. The Morgan fingerprint density at radius 1 is 1.25 bits per heavy atom. The molecule has 0 aromatic rings. The Labute approximate surface area is 100 Å². The first-order valence-electron chi connectivity index (χ1n) is 5.98. The molecule has 1 aliphatic heterocycles. The van der Waals surface area contributed by atoms with Gasteiger partial charge < -0.3 is 0 Å². The van der Waals surface area contributed by atoms with Crippen molar-refractivity contribution < 1.29 is 8.42 Å². The molecule has 0 N–H and O–H groups in total. The fourth-order valence-corrected chi connectivity index (χ4v) is 3.53. The maximum atomic E-state index is 11.6. The fraction of sp³-hybridized carbons (Fsp3) is 1.00. The maximum Gasteiger partial charge on any atom is 0.151 e. The van der Waals surface area contributed by atoms with E-state index in [1.165, 1.54) is 6.26 Å². The minimum atomic E-state index is -2.90. The second-order valence-electron chi connectivity index (χ2n) is 6.36. The molecular weight excluding hydrogens is 222 g/mol. The molecule has 0 radical (unpaired) electrons. The van der Waals surface area contributed by atoms with Crippen LogP contribution in [0.4, 0.5) is 0 Å². The number of sulfone groups is 1. The van der Waals surface area contributed by atoms with E-state index in [-0.39, 0.29) is 10.7 Å². The van der Waals surface area contributed by atoms with Crippen LogP contribution in [0, 0.1) is 5.41 Å². The molecule has 1 saturated heterocycles. The molecule has 0 amide bonds. The second-order valence-corrected chi connectivity index (χ2v) is 8.69. The Kier molecular flexibility index (Phi) is 3.75. The topological polar surface area (TPSA) is 37.4 Å². The van der Waals surface area contributed by atoms with Crippen molar-refractivity contribution in [3.05, 3.63) is 0 Å². The third kappa shape index (κ3) is 2.98. The molecule has 1 fully saturated rings. The molecule has 0 spiro atoms. The minimum absolute atomic E-state index is 0.143. The average molecular weight is 247 g/mol. The summed E-state index contributed by atoms with van der Waals surface area (Å²) < 4.78 is 23.3. The van der Waals surface area contributed by atoms with E-state index >= 15 is 0 Å². The second kappa shape index (κ2) is 4.30. The average Bonchev–Trinajstić information content (AvgIpc) is 2.44. The van der Waals surface area contributed by atoms with Crippen molar-refractivity contribution in [2.45, 2.75) is 58.4 Å². The first-order valence-corrected chi connectivity index (χ1v) is 7.93. The number of rotatable bonds is 2. The third-order valence-electron chi connectivity index (χ3n) is 3.57. The zero-order valence-electron chi connectivity index (χ0n) is 11.3. The largest absolute Gasteiger partial charge is 0.296 e. The van der Waals surface area contributed by atoms with Gasteiger partial charge in [0.1, 0.15) is 0 Å². The van der Waals surface area contributed by atoms with E-state index in [9.17, 15) is 8.42 Å². The van der Waals surface area contributed by atoms with Crippen molar-refractivity contribution >= 4 is 9.84 Å². The van der Waals surface area contributed by atoms with Crippen LogP contribution in [0.2, 0.25) is 0 Å². The maximum absolute atomic E-state index is 11.6. The lowest BCUT2D eigenvalue weighted by molar-refractivity contribution is 0.111. The first-order chi connectivity index (χ1) is 7.03. The minimum Gasteiger partial charge on any atom is -0.296 e. The van der Waals surface area contributed by atoms with Crippen LogP contribution in [0.5, 0.6) is 0 Å². The van der Waals surface area contributed by atoms with Crippen molar-refractivity contribution in [2.75, 3.05) is 12.8 Å². The molecule has 1 heterocycles. The van der Waals surface area contributed by atoms with Crippen LogP contribution in [-0.2, 0) is 9.84 Å². The molecule has 0 aliphatic carbocycles. The third-order valence-corrected chi connectivity index (χ3v) is 5.12. The summed E-state index contributed by atoms with van der Waals surface area (Å²) in [4.78, 5) is 2.34. The van der Waals surface area contributed by atoms with Crippen molar-refractivity contribution in [2.24, 2.45) is 5.41 Å². The highest BCUT2D eigenvalue weighted by Crippen LogP contribution is 2.36. The molecule has 0 aromatic heterocycles. The summed E-state index contributed by atoms with van der Waals surface area (Å²) in [5.41, 5.74) is 0.143. The van der Waals surface area contributed by atoms with Gasteiger partial charge in [-0.25, -0.2) is 8.42 Å². The van der Waals surface area contributed by atoms with E-state index in [0.717, 1.165) is 6.42 Å². The van der Waals surface area contributed by atoms with Crippen LogP contribution in [0.3, 0.4) is 0 Å². The van der Waals surface area contributed by atoms with Crippen LogP contribution in [0.1, 0.15) is 41.0 Å². The Morgan fingerprint density at radius 2 is 1.75 bits per heavy atom. The first kappa shape index (κ1) is 14.0. The number of hydrogen-bond acceptors (Lipinski definition) is 3. The lowest BCUT2D eigenvalue weighted by Crippen LogP contribution is -2.43. The van der Waals surface area contributed by atoms with Gasteiger partial charge in [0.05, 0.1) is 5.25 Å². The van der Waals surface area contributed by atoms with E-state index in [2.05, 4.69) is 39.5 Å². The highest BCUT2D eigenvalue weighted by molar-refractivity contribution is 7.91. The molecule has 4 heteroatoms. The van der Waals surface area contributed by atoms with Gasteiger partial charge in [-0.2, -0.15) is 0 Å². The molecule has 0 bridgehead atoms. The van der Waals surface area contributed by atoms with Gasteiger partial charge in [0.2, 0.25) is 0 Å². The summed E-state index contributed by atoms with van der Waals surface area (Å²) in [6.45, 7) is 11.6. The Bertz CT molecular complexity index is 341. The Morgan fingerprint density at radius 3 is 2.00 bits per heavy atom. The van der Waals surface area contributed by atoms with E-state index in [4.69, 9.17) is 0 Å². The molecule has 96 valence electrons. The Hall–Kier alpha value is -0.0900. The Balaban J connectivity index is 2.94. The van der Waals surface area contributed by atoms with Gasteiger partial charge >= 0.3 is 0 Å². The van der Waals surface area contributed by atoms with Crippen molar-refractivity contribution in [1.82, 2.24) is 4.90 Å². The fourth-order valence-electron chi connectivity index (χ4n) is 2.55. The van der Waals surface area contributed by atoms with Crippen molar-refractivity contribution in [3.63, 3.8) is 0 Å².